The third-order valence-corrected chi connectivity index (χ3v) is 9.65. The Balaban J connectivity index is 1.51. The molecule has 0 atom stereocenters. The van der Waals surface area contributed by atoms with Crippen LogP contribution in [0.25, 0.3) is 11.0 Å². The van der Waals surface area contributed by atoms with Crippen LogP contribution < -0.4 is 9.62 Å². The summed E-state index contributed by atoms with van der Waals surface area (Å²) < 4.78 is 37.8. The van der Waals surface area contributed by atoms with Gasteiger partial charge >= 0.3 is 10.2 Å². The highest BCUT2D eigenvalue weighted by Crippen LogP contribution is 2.32. The van der Waals surface area contributed by atoms with Gasteiger partial charge in [0.1, 0.15) is 5.82 Å². The van der Waals surface area contributed by atoms with Crippen molar-refractivity contribution in [2.24, 2.45) is 17.8 Å². The maximum absolute atomic E-state index is 13.5. The van der Waals surface area contributed by atoms with Crippen LogP contribution in [0.3, 0.4) is 0 Å². The normalized spacial score (nSPS) is 18.8. The van der Waals surface area contributed by atoms with Gasteiger partial charge < -0.3 is 14.6 Å². The number of amides is 1. The van der Waals surface area contributed by atoms with Gasteiger partial charge in [-0.1, -0.05) is 34.6 Å². The van der Waals surface area contributed by atoms with Crippen molar-refractivity contribution in [3.05, 3.63) is 24.0 Å². The maximum atomic E-state index is 13.5. The molecular weight excluding hydrogens is 502 g/mol. The van der Waals surface area contributed by atoms with Gasteiger partial charge in [0.2, 0.25) is 5.91 Å². The fraction of sp³-hybridized carbons (Fsp3) is 0.714. The summed E-state index contributed by atoms with van der Waals surface area (Å²) in [6, 6.07) is 5.76. The molecule has 4 rings (SSSR count). The average Bonchev–Trinajstić information content (AvgIpc) is 3.25. The van der Waals surface area contributed by atoms with Gasteiger partial charge in [0, 0.05) is 57.8 Å². The zero-order valence-electron chi connectivity index (χ0n) is 23.9. The first-order valence-electron chi connectivity index (χ1n) is 14.0. The van der Waals surface area contributed by atoms with E-state index < -0.39 is 10.2 Å². The van der Waals surface area contributed by atoms with Crippen molar-refractivity contribution in [2.75, 3.05) is 44.2 Å². The molecule has 2 aliphatic heterocycles. The molecule has 9 nitrogen and oxygen atoms in total. The average molecular weight is 548 g/mol. The molecule has 2 aromatic rings. The number of hydrogen-bond donors (Lipinski definition) is 1. The van der Waals surface area contributed by atoms with Crippen LogP contribution in [0.15, 0.2) is 18.2 Å². The van der Waals surface area contributed by atoms with Crippen molar-refractivity contribution in [2.45, 2.75) is 72.3 Å². The van der Waals surface area contributed by atoms with Gasteiger partial charge in [-0.25, -0.2) is 4.98 Å². The lowest BCUT2D eigenvalue weighted by molar-refractivity contribution is -0.126. The summed E-state index contributed by atoms with van der Waals surface area (Å²) >= 11 is 0. The Labute approximate surface area is 228 Å². The van der Waals surface area contributed by atoms with Gasteiger partial charge in [0.05, 0.1) is 16.7 Å². The Morgan fingerprint density at radius 3 is 2.42 bits per heavy atom. The highest BCUT2D eigenvalue weighted by atomic mass is 32.2. The van der Waals surface area contributed by atoms with E-state index in [9.17, 15) is 13.2 Å². The third-order valence-electron chi connectivity index (χ3n) is 7.73. The molecule has 38 heavy (non-hydrogen) atoms. The van der Waals surface area contributed by atoms with Crippen molar-refractivity contribution < 1.29 is 17.9 Å². The number of aromatic nitrogens is 2. The number of benzene rings is 1. The van der Waals surface area contributed by atoms with Gasteiger partial charge in [0.15, 0.2) is 0 Å². The molecule has 0 radical (unpaired) electrons. The Kier molecular flexibility index (Phi) is 8.74. The third kappa shape index (κ3) is 6.34. The number of imidazole rings is 1. The number of piperidine rings is 1. The maximum Gasteiger partial charge on any atom is 0.303 e. The number of fused-ring (bicyclic) bond motifs is 1. The summed E-state index contributed by atoms with van der Waals surface area (Å²) in [5.41, 5.74) is 2.28. The van der Waals surface area contributed by atoms with Crippen molar-refractivity contribution in [3.8, 4) is 0 Å². The lowest BCUT2D eigenvalue weighted by Gasteiger charge is -2.34. The van der Waals surface area contributed by atoms with Crippen LogP contribution in [-0.2, 0) is 31.7 Å². The lowest BCUT2D eigenvalue weighted by Crippen LogP contribution is -2.48. The van der Waals surface area contributed by atoms with Crippen LogP contribution in [0.4, 0.5) is 5.69 Å². The molecule has 3 heterocycles. The molecule has 0 bridgehead atoms. The largest absolute Gasteiger partial charge is 0.381 e. The molecule has 1 N–H and O–H groups in total. The predicted octanol–water partition coefficient (Wildman–Crippen LogP) is 3.93. The first-order valence-corrected chi connectivity index (χ1v) is 15.4. The standard InChI is InChI=1S/C28H45N5O4S/c1-20(2)18-29-26(34)22-9-13-32(14-10-22)38(35,36)31(6)23-7-8-25-24(17-23)30-27(28(3,4)5)33(25)19-21-11-15-37-16-12-21/h7-8,17,20-22H,9-16,18-19H2,1-6H3,(H,29,34). The van der Waals surface area contributed by atoms with Crippen LogP contribution in [-0.4, -0.2) is 68.1 Å². The molecule has 1 amide bonds. The minimum absolute atomic E-state index is 0.0283. The molecule has 0 unspecified atom stereocenters. The number of carbonyl (C=O) groups is 1. The van der Waals surface area contributed by atoms with Crippen molar-refractivity contribution in [1.29, 1.82) is 0 Å². The Hall–Kier alpha value is -2.17. The summed E-state index contributed by atoms with van der Waals surface area (Å²) in [4.78, 5) is 17.5. The van der Waals surface area contributed by atoms with E-state index in [2.05, 4.69) is 44.5 Å². The molecular formula is C28H45N5O4S. The Morgan fingerprint density at radius 1 is 1.16 bits per heavy atom. The Morgan fingerprint density at radius 2 is 1.82 bits per heavy atom. The van der Waals surface area contributed by atoms with E-state index in [1.54, 1.807) is 7.05 Å². The minimum atomic E-state index is -3.73. The number of anilines is 1. The number of rotatable bonds is 8. The Bertz CT molecular complexity index is 1220. The first kappa shape index (κ1) is 28.8. The van der Waals surface area contributed by atoms with Crippen LogP contribution in [0.5, 0.6) is 0 Å². The van der Waals surface area contributed by atoms with Gasteiger partial charge in [-0.2, -0.15) is 12.7 Å². The first-order chi connectivity index (χ1) is 17.9. The molecule has 0 saturated carbocycles. The van der Waals surface area contributed by atoms with E-state index in [0.717, 1.165) is 49.5 Å². The van der Waals surface area contributed by atoms with E-state index in [-0.39, 0.29) is 17.2 Å². The highest BCUT2D eigenvalue weighted by molar-refractivity contribution is 7.90. The summed E-state index contributed by atoms with van der Waals surface area (Å²) in [5, 5.41) is 2.98. The quantitative estimate of drug-likeness (QED) is 0.540. The number of nitrogens with one attached hydrogen (secondary N) is 1. The zero-order valence-corrected chi connectivity index (χ0v) is 24.7. The van der Waals surface area contributed by atoms with Gasteiger partial charge in [0.25, 0.3) is 0 Å². The predicted molar refractivity (Wildman–Crippen MR) is 151 cm³/mol. The van der Waals surface area contributed by atoms with Crippen molar-refractivity contribution >= 4 is 32.8 Å². The molecule has 2 saturated heterocycles. The van der Waals surface area contributed by atoms with Crippen LogP contribution in [0, 0.1) is 17.8 Å². The van der Waals surface area contributed by atoms with E-state index >= 15 is 0 Å². The monoisotopic (exact) mass is 547 g/mol. The summed E-state index contributed by atoms with van der Waals surface area (Å²) in [6.45, 7) is 14.4. The summed E-state index contributed by atoms with van der Waals surface area (Å²) in [6.07, 6.45) is 3.14. The topological polar surface area (TPSA) is 96.8 Å². The smallest absolute Gasteiger partial charge is 0.303 e. The van der Waals surface area contributed by atoms with E-state index in [4.69, 9.17) is 9.72 Å². The summed E-state index contributed by atoms with van der Waals surface area (Å²) in [5.74, 6) is 1.83. The van der Waals surface area contributed by atoms with Crippen LogP contribution >= 0.6 is 0 Å². The van der Waals surface area contributed by atoms with Crippen molar-refractivity contribution in [3.63, 3.8) is 0 Å². The zero-order chi connectivity index (χ0) is 27.7. The van der Waals surface area contributed by atoms with Crippen LogP contribution in [0.1, 0.15) is 66.1 Å². The SMILES string of the molecule is CC(C)CNC(=O)C1CCN(S(=O)(=O)N(C)c2ccc3c(c2)nc(C(C)(C)C)n3CC2CCOCC2)CC1. The number of nitrogens with zero attached hydrogens (tertiary/aromatic N) is 4. The fourth-order valence-corrected chi connectivity index (χ4v) is 6.76. The van der Waals surface area contributed by atoms with Gasteiger partial charge in [-0.05, 0) is 55.7 Å². The van der Waals surface area contributed by atoms with Crippen LogP contribution in [0.2, 0.25) is 0 Å². The molecule has 0 aliphatic carbocycles. The molecule has 2 fully saturated rings. The second-order valence-corrected chi connectivity index (χ2v) is 14.3. The molecule has 212 valence electrons. The number of carbonyl (C=O) groups excluding carboxylic acids is 1. The molecule has 10 heteroatoms. The second-order valence-electron chi connectivity index (χ2n) is 12.3. The van der Waals surface area contributed by atoms with E-state index in [1.165, 1.54) is 8.61 Å². The molecule has 2 aliphatic rings. The van der Waals surface area contributed by atoms with E-state index in [1.807, 2.05) is 18.2 Å². The second kappa shape index (κ2) is 11.5. The highest BCUT2D eigenvalue weighted by Gasteiger charge is 2.34. The van der Waals surface area contributed by atoms with Gasteiger partial charge in [-0.15, -0.1) is 0 Å². The fourth-order valence-electron chi connectivity index (χ4n) is 5.36. The molecule has 1 aromatic carbocycles. The number of ether oxygens (including phenoxy) is 1. The summed E-state index contributed by atoms with van der Waals surface area (Å²) in [7, 11) is -2.13. The number of hydrogen-bond acceptors (Lipinski definition) is 5. The van der Waals surface area contributed by atoms with Gasteiger partial charge in [-0.3, -0.25) is 9.10 Å². The van der Waals surface area contributed by atoms with E-state index in [0.29, 0.717) is 50.0 Å². The lowest BCUT2D eigenvalue weighted by atomic mass is 9.94. The minimum Gasteiger partial charge on any atom is -0.381 e. The molecule has 1 aromatic heterocycles. The molecule has 0 spiro atoms. The van der Waals surface area contributed by atoms with Crippen molar-refractivity contribution in [1.82, 2.24) is 19.2 Å².